The highest BCUT2D eigenvalue weighted by Crippen LogP contribution is 2.21. The second-order valence-electron chi connectivity index (χ2n) is 5.61. The van der Waals surface area contributed by atoms with Crippen LogP contribution in [-0.2, 0) is 9.59 Å². The molecule has 3 amide bonds. The van der Waals surface area contributed by atoms with Crippen molar-refractivity contribution in [3.8, 4) is 0 Å². The zero-order valence-corrected chi connectivity index (χ0v) is 13.0. The van der Waals surface area contributed by atoms with Gasteiger partial charge in [0.1, 0.15) is 6.04 Å². The van der Waals surface area contributed by atoms with E-state index in [2.05, 4.69) is 10.3 Å². The predicted octanol–water partition coefficient (Wildman–Crippen LogP) is 0.0791. The zero-order chi connectivity index (χ0) is 16.0. The summed E-state index contributed by atoms with van der Waals surface area (Å²) >= 11 is 1.53. The van der Waals surface area contributed by atoms with Crippen LogP contribution in [0.3, 0.4) is 0 Å². The predicted molar refractivity (Wildman–Crippen MR) is 84.0 cm³/mol. The van der Waals surface area contributed by atoms with Gasteiger partial charge in [-0.15, -0.1) is 11.3 Å². The van der Waals surface area contributed by atoms with Gasteiger partial charge in [0.2, 0.25) is 11.8 Å². The monoisotopic (exact) mass is 330 g/mol. The first-order valence-electron chi connectivity index (χ1n) is 7.33. The highest BCUT2D eigenvalue weighted by Gasteiger charge is 2.39. The molecule has 0 aliphatic carbocycles. The van der Waals surface area contributed by atoms with E-state index in [1.54, 1.807) is 27.4 Å². The number of hydrogen-bond acceptors (Lipinski definition) is 5. The lowest BCUT2D eigenvalue weighted by molar-refractivity contribution is -0.148. The number of hydrogen-bond donors (Lipinski definition) is 1. The summed E-state index contributed by atoms with van der Waals surface area (Å²) in [7, 11) is 0. The Morgan fingerprint density at radius 2 is 2.17 bits per heavy atom. The molecule has 3 heterocycles. The molecule has 1 atom stereocenters. The molecule has 2 fully saturated rings. The third-order valence-corrected chi connectivity index (χ3v) is 5.09. The first-order chi connectivity index (χ1) is 11.1. The van der Waals surface area contributed by atoms with Gasteiger partial charge in [0, 0.05) is 18.7 Å². The lowest BCUT2D eigenvalue weighted by Gasteiger charge is -2.42. The highest BCUT2D eigenvalue weighted by atomic mass is 32.1. The van der Waals surface area contributed by atoms with Gasteiger partial charge in [0.05, 0.1) is 28.8 Å². The molecule has 2 aliphatic rings. The van der Waals surface area contributed by atoms with Gasteiger partial charge in [-0.25, -0.2) is 4.98 Å². The molecular formula is C15H14N4O3S. The van der Waals surface area contributed by atoms with Gasteiger partial charge < -0.3 is 15.1 Å². The van der Waals surface area contributed by atoms with Crippen LogP contribution in [0.5, 0.6) is 0 Å². The summed E-state index contributed by atoms with van der Waals surface area (Å²) in [6, 6.07) is 4.85. The maximum Gasteiger partial charge on any atom is 0.254 e. The number of piperazine rings is 2. The van der Waals surface area contributed by atoms with E-state index < -0.39 is 6.04 Å². The van der Waals surface area contributed by atoms with Crippen LogP contribution in [-0.4, -0.2) is 64.7 Å². The zero-order valence-electron chi connectivity index (χ0n) is 12.2. The van der Waals surface area contributed by atoms with E-state index in [1.165, 1.54) is 11.3 Å². The van der Waals surface area contributed by atoms with Gasteiger partial charge in [0.25, 0.3) is 5.91 Å². The molecule has 1 aromatic carbocycles. The first kappa shape index (κ1) is 14.1. The number of carbonyl (C=O) groups is 3. The molecule has 4 rings (SSSR count). The molecule has 2 aromatic rings. The minimum Gasteiger partial charge on any atom is -0.345 e. The van der Waals surface area contributed by atoms with Crippen LogP contribution in [0.1, 0.15) is 10.4 Å². The molecule has 118 valence electrons. The lowest BCUT2D eigenvalue weighted by Crippen LogP contribution is -2.66. The number of carbonyl (C=O) groups excluding carboxylic acids is 3. The Morgan fingerprint density at radius 3 is 3.04 bits per heavy atom. The summed E-state index contributed by atoms with van der Waals surface area (Å²) in [6.07, 6.45) is 0. The fourth-order valence-corrected chi connectivity index (χ4v) is 3.70. The molecule has 0 bridgehead atoms. The van der Waals surface area contributed by atoms with Gasteiger partial charge in [-0.1, -0.05) is 0 Å². The fourth-order valence-electron chi connectivity index (χ4n) is 3.05. The molecule has 23 heavy (non-hydrogen) atoms. The van der Waals surface area contributed by atoms with Crippen molar-refractivity contribution in [3.63, 3.8) is 0 Å². The van der Waals surface area contributed by atoms with Crippen LogP contribution >= 0.6 is 11.3 Å². The standard InChI is InChI=1S/C15H14N4O3S/c20-13-6-16-14(21)11-7-18(3-4-19(11)13)15(22)9-1-2-12-10(5-9)17-8-23-12/h1-2,5,8,11H,3-4,6-7H2,(H,16,21). The Kier molecular flexibility index (Phi) is 3.26. The smallest absolute Gasteiger partial charge is 0.254 e. The molecular weight excluding hydrogens is 316 g/mol. The fraction of sp³-hybridized carbons (Fsp3) is 0.333. The normalized spacial score (nSPS) is 21.3. The Labute approximate surface area is 135 Å². The third-order valence-electron chi connectivity index (χ3n) is 4.28. The third kappa shape index (κ3) is 2.35. The first-order valence-corrected chi connectivity index (χ1v) is 8.21. The minimum atomic E-state index is -0.586. The van der Waals surface area contributed by atoms with Gasteiger partial charge in [0.15, 0.2) is 0 Å². The van der Waals surface area contributed by atoms with Crippen molar-refractivity contribution < 1.29 is 14.4 Å². The molecule has 8 heteroatoms. The number of thiazole rings is 1. The van der Waals surface area contributed by atoms with Crippen molar-refractivity contribution in [2.24, 2.45) is 0 Å². The van der Waals surface area contributed by atoms with Gasteiger partial charge in [-0.2, -0.15) is 0 Å². The summed E-state index contributed by atoms with van der Waals surface area (Å²) in [6.45, 7) is 1.10. The van der Waals surface area contributed by atoms with E-state index in [9.17, 15) is 14.4 Å². The Bertz CT molecular complexity index is 818. The lowest BCUT2D eigenvalue weighted by atomic mass is 10.1. The van der Waals surface area contributed by atoms with Gasteiger partial charge >= 0.3 is 0 Å². The van der Waals surface area contributed by atoms with E-state index >= 15 is 0 Å². The maximum absolute atomic E-state index is 12.7. The van der Waals surface area contributed by atoms with Gasteiger partial charge in [-0.3, -0.25) is 14.4 Å². The SMILES string of the molecule is O=C1NCC(=O)N2CCN(C(=O)c3ccc4scnc4c3)CC12. The van der Waals surface area contributed by atoms with Crippen LogP contribution in [0, 0.1) is 0 Å². The highest BCUT2D eigenvalue weighted by molar-refractivity contribution is 7.16. The molecule has 0 radical (unpaired) electrons. The maximum atomic E-state index is 12.7. The Balaban J connectivity index is 1.57. The van der Waals surface area contributed by atoms with Crippen molar-refractivity contribution in [3.05, 3.63) is 29.3 Å². The summed E-state index contributed by atoms with van der Waals surface area (Å²) in [5.41, 5.74) is 3.10. The number of aromatic nitrogens is 1. The second kappa shape index (κ2) is 5.31. The molecule has 1 unspecified atom stereocenters. The van der Waals surface area contributed by atoms with Crippen molar-refractivity contribution in [1.29, 1.82) is 0 Å². The quantitative estimate of drug-likeness (QED) is 0.803. The average molecular weight is 330 g/mol. The summed E-state index contributed by atoms with van der Waals surface area (Å²) in [4.78, 5) is 43.9. The number of nitrogens with one attached hydrogen (secondary N) is 1. The molecule has 0 saturated carbocycles. The molecule has 7 nitrogen and oxygen atoms in total. The summed E-state index contributed by atoms with van der Waals surface area (Å²) < 4.78 is 1.03. The Hall–Kier alpha value is -2.48. The van der Waals surface area contributed by atoms with Crippen LogP contribution in [0.4, 0.5) is 0 Å². The molecule has 2 saturated heterocycles. The number of nitrogens with zero attached hydrogens (tertiary/aromatic N) is 3. The van der Waals surface area contributed by atoms with Crippen LogP contribution in [0.2, 0.25) is 0 Å². The molecule has 0 spiro atoms. The summed E-state index contributed by atoms with van der Waals surface area (Å²) in [5, 5.41) is 2.57. The van der Waals surface area contributed by atoms with Crippen LogP contribution in [0.25, 0.3) is 10.2 Å². The van der Waals surface area contributed by atoms with E-state index in [4.69, 9.17) is 0 Å². The van der Waals surface area contributed by atoms with Crippen molar-refractivity contribution >= 4 is 39.3 Å². The molecule has 2 aliphatic heterocycles. The number of amides is 3. The second-order valence-corrected chi connectivity index (χ2v) is 6.49. The Morgan fingerprint density at radius 1 is 1.30 bits per heavy atom. The molecule has 1 aromatic heterocycles. The topological polar surface area (TPSA) is 82.6 Å². The van der Waals surface area contributed by atoms with Gasteiger partial charge in [-0.05, 0) is 18.2 Å². The average Bonchev–Trinajstić information content (AvgIpc) is 3.05. The number of rotatable bonds is 1. The summed E-state index contributed by atoms with van der Waals surface area (Å²) in [5.74, 6) is -0.423. The van der Waals surface area contributed by atoms with E-state index in [1.807, 2.05) is 6.07 Å². The minimum absolute atomic E-state index is 0.0454. The van der Waals surface area contributed by atoms with Crippen LogP contribution < -0.4 is 5.32 Å². The van der Waals surface area contributed by atoms with E-state index in [-0.39, 0.29) is 30.8 Å². The number of fused-ring (bicyclic) bond motifs is 2. The largest absolute Gasteiger partial charge is 0.345 e. The van der Waals surface area contributed by atoms with Crippen molar-refractivity contribution in [2.45, 2.75) is 6.04 Å². The molecule has 1 N–H and O–H groups in total. The van der Waals surface area contributed by atoms with Crippen molar-refractivity contribution in [1.82, 2.24) is 20.1 Å². The van der Waals surface area contributed by atoms with E-state index in [0.717, 1.165) is 10.2 Å². The van der Waals surface area contributed by atoms with E-state index in [0.29, 0.717) is 18.7 Å². The number of benzene rings is 1. The van der Waals surface area contributed by atoms with Crippen LogP contribution in [0.15, 0.2) is 23.7 Å². The van der Waals surface area contributed by atoms with Crippen molar-refractivity contribution in [2.75, 3.05) is 26.2 Å².